The van der Waals surface area contributed by atoms with E-state index in [0.717, 1.165) is 25.4 Å². The lowest BCUT2D eigenvalue weighted by Crippen LogP contribution is -2.49. The van der Waals surface area contributed by atoms with Gasteiger partial charge in [0.05, 0.1) is 4.88 Å². The molecule has 1 aliphatic rings. The number of benzene rings is 2. The van der Waals surface area contributed by atoms with Crippen LogP contribution in [0.4, 0.5) is 5.69 Å². The third kappa shape index (κ3) is 5.71. The zero-order valence-corrected chi connectivity index (χ0v) is 18.0. The molecule has 1 aliphatic heterocycles. The molecule has 4 rings (SSSR count). The van der Waals surface area contributed by atoms with Crippen molar-refractivity contribution >= 4 is 28.8 Å². The summed E-state index contributed by atoms with van der Waals surface area (Å²) in [7, 11) is 0. The standard InChI is InChI=1S/C24H25N3O3S/c28-23(22-10-5-17-31-22)25-20-7-4-6-19(18-20)24(29)27-13-11-26(12-14-27)15-16-30-21-8-2-1-3-9-21/h1-10,17-18H,11-16H2,(H,25,28). The number of nitrogens with one attached hydrogen (secondary N) is 1. The van der Waals surface area contributed by atoms with Gasteiger partial charge < -0.3 is 15.0 Å². The lowest BCUT2D eigenvalue weighted by Gasteiger charge is -2.34. The minimum absolute atomic E-state index is 0.00703. The molecule has 31 heavy (non-hydrogen) atoms. The van der Waals surface area contributed by atoms with Gasteiger partial charge in [-0.2, -0.15) is 0 Å². The van der Waals surface area contributed by atoms with Crippen molar-refractivity contribution in [3.63, 3.8) is 0 Å². The molecule has 160 valence electrons. The molecular formula is C24H25N3O3S. The van der Waals surface area contributed by atoms with Crippen LogP contribution in [0.15, 0.2) is 72.1 Å². The summed E-state index contributed by atoms with van der Waals surface area (Å²) in [6.07, 6.45) is 0. The van der Waals surface area contributed by atoms with Crippen molar-refractivity contribution in [3.05, 3.63) is 82.6 Å². The lowest BCUT2D eigenvalue weighted by atomic mass is 10.1. The van der Waals surface area contributed by atoms with Gasteiger partial charge in [-0.1, -0.05) is 30.3 Å². The Morgan fingerprint density at radius 3 is 2.48 bits per heavy atom. The van der Waals surface area contributed by atoms with Gasteiger partial charge in [-0.05, 0) is 41.8 Å². The Bertz CT molecular complexity index is 1000. The Labute approximate surface area is 186 Å². The van der Waals surface area contributed by atoms with Crippen LogP contribution in [-0.4, -0.2) is 60.9 Å². The van der Waals surface area contributed by atoms with Gasteiger partial charge in [0.15, 0.2) is 0 Å². The summed E-state index contributed by atoms with van der Waals surface area (Å²) in [6.45, 7) is 4.45. The van der Waals surface area contributed by atoms with Gasteiger partial charge in [-0.25, -0.2) is 0 Å². The van der Waals surface area contributed by atoms with E-state index in [1.54, 1.807) is 30.3 Å². The van der Waals surface area contributed by atoms with Crippen LogP contribution in [0.25, 0.3) is 0 Å². The maximum Gasteiger partial charge on any atom is 0.265 e. The van der Waals surface area contributed by atoms with E-state index in [1.165, 1.54) is 11.3 Å². The average Bonchev–Trinajstić information content (AvgIpc) is 3.35. The zero-order valence-electron chi connectivity index (χ0n) is 17.2. The molecule has 0 spiro atoms. The van der Waals surface area contributed by atoms with Crippen LogP contribution in [0.1, 0.15) is 20.0 Å². The molecule has 3 aromatic rings. The molecular weight excluding hydrogens is 410 g/mol. The minimum Gasteiger partial charge on any atom is -0.492 e. The van der Waals surface area contributed by atoms with Crippen molar-refractivity contribution in [3.8, 4) is 5.75 Å². The number of hydrogen-bond acceptors (Lipinski definition) is 5. The number of piperazine rings is 1. The summed E-state index contributed by atoms with van der Waals surface area (Å²) in [5, 5.41) is 4.73. The van der Waals surface area contributed by atoms with Crippen LogP contribution in [0.3, 0.4) is 0 Å². The number of anilines is 1. The van der Waals surface area contributed by atoms with Gasteiger partial charge >= 0.3 is 0 Å². The quantitative estimate of drug-likeness (QED) is 0.613. The number of para-hydroxylation sites is 1. The molecule has 6 nitrogen and oxygen atoms in total. The number of amides is 2. The van der Waals surface area contributed by atoms with Crippen LogP contribution in [0.2, 0.25) is 0 Å². The molecule has 1 N–H and O–H groups in total. The smallest absolute Gasteiger partial charge is 0.265 e. The summed E-state index contributed by atoms with van der Waals surface area (Å²) in [5.74, 6) is 0.709. The summed E-state index contributed by atoms with van der Waals surface area (Å²) in [6, 6.07) is 20.5. The van der Waals surface area contributed by atoms with Crippen LogP contribution in [-0.2, 0) is 0 Å². The third-order valence-electron chi connectivity index (χ3n) is 5.19. The highest BCUT2D eigenvalue weighted by atomic mass is 32.1. The summed E-state index contributed by atoms with van der Waals surface area (Å²) >= 11 is 1.39. The molecule has 2 amide bonds. The van der Waals surface area contributed by atoms with Crippen molar-refractivity contribution < 1.29 is 14.3 Å². The van der Waals surface area contributed by atoms with E-state index in [9.17, 15) is 9.59 Å². The molecule has 0 unspecified atom stereocenters. The lowest BCUT2D eigenvalue weighted by molar-refractivity contribution is 0.0620. The Hall–Kier alpha value is -3.16. The van der Waals surface area contributed by atoms with Crippen LogP contribution in [0, 0.1) is 0 Å². The molecule has 0 aliphatic carbocycles. The topological polar surface area (TPSA) is 61.9 Å². The number of thiophene rings is 1. The van der Waals surface area contributed by atoms with Crippen LogP contribution >= 0.6 is 11.3 Å². The second-order valence-corrected chi connectivity index (χ2v) is 8.26. The molecule has 7 heteroatoms. The Balaban J connectivity index is 1.26. The number of hydrogen-bond donors (Lipinski definition) is 1. The molecule has 0 saturated carbocycles. The average molecular weight is 436 g/mol. The van der Waals surface area contributed by atoms with E-state index in [-0.39, 0.29) is 11.8 Å². The van der Waals surface area contributed by atoms with Crippen molar-refractivity contribution in [2.45, 2.75) is 0 Å². The van der Waals surface area contributed by atoms with Gasteiger partial charge in [0, 0.05) is 44.0 Å². The summed E-state index contributed by atoms with van der Waals surface area (Å²) in [5.41, 5.74) is 1.21. The Morgan fingerprint density at radius 2 is 1.74 bits per heavy atom. The maximum atomic E-state index is 12.9. The first kappa shape index (κ1) is 21.1. The van der Waals surface area contributed by atoms with Gasteiger partial charge in [-0.15, -0.1) is 11.3 Å². The van der Waals surface area contributed by atoms with E-state index in [2.05, 4.69) is 10.2 Å². The monoisotopic (exact) mass is 435 g/mol. The number of ether oxygens (including phenoxy) is 1. The fraction of sp³-hybridized carbons (Fsp3) is 0.250. The SMILES string of the molecule is O=C(Nc1cccc(C(=O)N2CCN(CCOc3ccccc3)CC2)c1)c1cccs1. The highest BCUT2D eigenvalue weighted by molar-refractivity contribution is 7.12. The van der Waals surface area contributed by atoms with E-state index >= 15 is 0 Å². The zero-order chi connectivity index (χ0) is 21.5. The normalized spacial score (nSPS) is 14.3. The highest BCUT2D eigenvalue weighted by Gasteiger charge is 2.22. The molecule has 2 heterocycles. The summed E-state index contributed by atoms with van der Waals surface area (Å²) < 4.78 is 5.77. The fourth-order valence-electron chi connectivity index (χ4n) is 3.50. The first-order valence-corrected chi connectivity index (χ1v) is 11.2. The molecule has 1 saturated heterocycles. The first-order valence-electron chi connectivity index (χ1n) is 10.3. The fourth-order valence-corrected chi connectivity index (χ4v) is 4.12. The van der Waals surface area contributed by atoms with Gasteiger partial charge in [0.25, 0.3) is 11.8 Å². The number of rotatable bonds is 7. The minimum atomic E-state index is -0.161. The Kier molecular flexibility index (Phi) is 6.96. The second-order valence-electron chi connectivity index (χ2n) is 7.31. The predicted octanol–water partition coefficient (Wildman–Crippen LogP) is 3.84. The summed E-state index contributed by atoms with van der Waals surface area (Å²) in [4.78, 5) is 30.0. The van der Waals surface area contributed by atoms with E-state index in [4.69, 9.17) is 4.74 Å². The first-order chi connectivity index (χ1) is 15.2. The van der Waals surface area contributed by atoms with E-state index < -0.39 is 0 Å². The van der Waals surface area contributed by atoms with Gasteiger partial charge in [-0.3, -0.25) is 14.5 Å². The molecule has 0 atom stereocenters. The third-order valence-corrected chi connectivity index (χ3v) is 6.06. The number of carbonyl (C=O) groups excluding carboxylic acids is 2. The van der Waals surface area contributed by atoms with E-state index in [1.807, 2.05) is 46.7 Å². The number of carbonyl (C=O) groups is 2. The predicted molar refractivity (Wildman–Crippen MR) is 123 cm³/mol. The van der Waals surface area contributed by atoms with Crippen molar-refractivity contribution in [2.24, 2.45) is 0 Å². The number of nitrogens with zero attached hydrogens (tertiary/aromatic N) is 2. The van der Waals surface area contributed by atoms with Crippen molar-refractivity contribution in [2.75, 3.05) is 44.6 Å². The van der Waals surface area contributed by atoms with Gasteiger partial charge in [0.2, 0.25) is 0 Å². The maximum absolute atomic E-state index is 12.9. The molecule has 1 aromatic heterocycles. The second kappa shape index (κ2) is 10.2. The largest absolute Gasteiger partial charge is 0.492 e. The Morgan fingerprint density at radius 1 is 0.935 bits per heavy atom. The van der Waals surface area contributed by atoms with Crippen LogP contribution < -0.4 is 10.1 Å². The molecule has 0 bridgehead atoms. The molecule has 2 aromatic carbocycles. The van der Waals surface area contributed by atoms with Crippen molar-refractivity contribution in [1.29, 1.82) is 0 Å². The van der Waals surface area contributed by atoms with Crippen molar-refractivity contribution in [1.82, 2.24) is 9.80 Å². The molecule has 1 fully saturated rings. The highest BCUT2D eigenvalue weighted by Crippen LogP contribution is 2.17. The van der Waals surface area contributed by atoms with Gasteiger partial charge in [0.1, 0.15) is 12.4 Å². The molecule has 0 radical (unpaired) electrons. The van der Waals surface area contributed by atoms with Crippen LogP contribution in [0.5, 0.6) is 5.75 Å². The van der Waals surface area contributed by atoms with E-state index in [0.29, 0.717) is 35.8 Å².